The Morgan fingerprint density at radius 3 is 2.68 bits per heavy atom. The molecule has 19 heavy (non-hydrogen) atoms. The molecule has 1 aliphatic rings. The molecule has 4 heteroatoms. The van der Waals surface area contributed by atoms with E-state index in [4.69, 9.17) is 10.5 Å². The number of pyridine rings is 1. The molecule has 2 heterocycles. The molecule has 1 fully saturated rings. The van der Waals surface area contributed by atoms with Crippen LogP contribution >= 0.6 is 0 Å². The highest BCUT2D eigenvalue weighted by Gasteiger charge is 2.30. The third kappa shape index (κ3) is 3.60. The number of nitrogens with one attached hydrogen (secondary N) is 1. The Balaban J connectivity index is 1.94. The molecule has 3 N–H and O–H groups in total. The van der Waals surface area contributed by atoms with Gasteiger partial charge in [-0.1, -0.05) is 13.8 Å². The molecule has 1 aromatic rings. The molecular formula is C15H25N3O. The Morgan fingerprint density at radius 2 is 2.05 bits per heavy atom. The second kappa shape index (κ2) is 5.78. The maximum atomic E-state index is 5.78. The van der Waals surface area contributed by atoms with Gasteiger partial charge in [-0.05, 0) is 43.2 Å². The van der Waals surface area contributed by atoms with Gasteiger partial charge in [0.05, 0.1) is 11.4 Å². The van der Waals surface area contributed by atoms with E-state index in [9.17, 15) is 0 Å². The van der Waals surface area contributed by atoms with Gasteiger partial charge in [0.15, 0.2) is 0 Å². The van der Waals surface area contributed by atoms with Crippen molar-refractivity contribution in [1.82, 2.24) is 4.98 Å². The van der Waals surface area contributed by atoms with Crippen molar-refractivity contribution in [2.75, 3.05) is 30.8 Å². The first-order valence-electron chi connectivity index (χ1n) is 7.04. The summed E-state index contributed by atoms with van der Waals surface area (Å²) in [6.07, 6.45) is 2.31. The predicted molar refractivity (Wildman–Crippen MR) is 79.2 cm³/mol. The quantitative estimate of drug-likeness (QED) is 0.877. The largest absolute Gasteiger partial charge is 0.397 e. The van der Waals surface area contributed by atoms with E-state index in [1.807, 2.05) is 19.1 Å². The molecule has 1 saturated heterocycles. The highest BCUT2D eigenvalue weighted by Crippen LogP contribution is 2.34. The van der Waals surface area contributed by atoms with Gasteiger partial charge in [0.25, 0.3) is 0 Å². The van der Waals surface area contributed by atoms with Crippen LogP contribution in [0.4, 0.5) is 11.5 Å². The summed E-state index contributed by atoms with van der Waals surface area (Å²) in [5.74, 6) is 1.62. The van der Waals surface area contributed by atoms with Crippen molar-refractivity contribution in [2.45, 2.75) is 33.6 Å². The number of rotatable bonds is 4. The van der Waals surface area contributed by atoms with Crippen molar-refractivity contribution >= 4 is 11.5 Å². The average Bonchev–Trinajstić information content (AvgIpc) is 2.41. The molecule has 0 saturated carbocycles. The highest BCUT2D eigenvalue weighted by atomic mass is 16.5. The van der Waals surface area contributed by atoms with Crippen LogP contribution in [0.15, 0.2) is 12.1 Å². The first kappa shape index (κ1) is 14.1. The van der Waals surface area contributed by atoms with Crippen LogP contribution in [-0.4, -0.2) is 24.7 Å². The maximum absolute atomic E-state index is 5.78. The van der Waals surface area contributed by atoms with E-state index in [1.165, 1.54) is 0 Å². The van der Waals surface area contributed by atoms with Gasteiger partial charge in [0.2, 0.25) is 0 Å². The van der Waals surface area contributed by atoms with Gasteiger partial charge in [-0.3, -0.25) is 0 Å². The molecule has 0 aromatic carbocycles. The summed E-state index contributed by atoms with van der Waals surface area (Å²) >= 11 is 0. The van der Waals surface area contributed by atoms with Crippen LogP contribution in [0, 0.1) is 18.3 Å². The van der Waals surface area contributed by atoms with Crippen molar-refractivity contribution in [2.24, 2.45) is 11.3 Å². The van der Waals surface area contributed by atoms with Gasteiger partial charge in [-0.2, -0.15) is 0 Å². The normalized spacial score (nSPS) is 17.4. The van der Waals surface area contributed by atoms with E-state index in [0.29, 0.717) is 5.92 Å². The molecule has 0 atom stereocenters. The number of aryl methyl sites for hydroxylation is 1. The SMILES string of the molecule is Cc1nc(NCC(C)(C)C2CCOCC2)ccc1N. The van der Waals surface area contributed by atoms with Crippen LogP contribution < -0.4 is 11.1 Å². The molecule has 0 spiro atoms. The molecule has 0 amide bonds. The second-order valence-electron chi connectivity index (χ2n) is 6.10. The van der Waals surface area contributed by atoms with Gasteiger partial charge >= 0.3 is 0 Å². The number of aromatic nitrogens is 1. The number of hydrogen-bond donors (Lipinski definition) is 2. The van der Waals surface area contributed by atoms with Crippen LogP contribution in [0.3, 0.4) is 0 Å². The Kier molecular flexibility index (Phi) is 4.30. The van der Waals surface area contributed by atoms with Crippen LogP contribution in [0.25, 0.3) is 0 Å². The molecule has 1 aromatic heterocycles. The Bertz CT molecular complexity index is 425. The molecular weight excluding hydrogens is 238 g/mol. The van der Waals surface area contributed by atoms with Crippen molar-refractivity contribution in [3.05, 3.63) is 17.8 Å². The number of nitrogens with two attached hydrogens (primary N) is 1. The van der Waals surface area contributed by atoms with E-state index < -0.39 is 0 Å². The molecule has 0 bridgehead atoms. The van der Waals surface area contributed by atoms with Crippen molar-refractivity contribution in [3.63, 3.8) is 0 Å². The van der Waals surface area contributed by atoms with E-state index in [-0.39, 0.29) is 5.41 Å². The molecule has 0 aliphatic carbocycles. The van der Waals surface area contributed by atoms with Gasteiger partial charge < -0.3 is 15.8 Å². The molecule has 106 valence electrons. The standard InChI is InChI=1S/C15H25N3O/c1-11-13(16)4-5-14(18-11)17-10-15(2,3)12-6-8-19-9-7-12/h4-5,12H,6-10,16H2,1-3H3,(H,17,18). The first-order chi connectivity index (χ1) is 8.99. The lowest BCUT2D eigenvalue weighted by Crippen LogP contribution is -2.35. The topological polar surface area (TPSA) is 60.2 Å². The van der Waals surface area contributed by atoms with Crippen LogP contribution in [0.5, 0.6) is 0 Å². The van der Waals surface area contributed by atoms with Gasteiger partial charge in [-0.15, -0.1) is 0 Å². The Hall–Kier alpha value is -1.29. The van der Waals surface area contributed by atoms with Gasteiger partial charge in [0, 0.05) is 19.8 Å². The molecule has 2 rings (SSSR count). The summed E-state index contributed by atoms with van der Waals surface area (Å²) in [4.78, 5) is 4.46. The summed E-state index contributed by atoms with van der Waals surface area (Å²) in [5, 5.41) is 3.44. The fourth-order valence-corrected chi connectivity index (χ4v) is 2.61. The van der Waals surface area contributed by atoms with E-state index >= 15 is 0 Å². The molecule has 0 radical (unpaired) electrons. The number of anilines is 2. The summed E-state index contributed by atoms with van der Waals surface area (Å²) in [7, 11) is 0. The number of nitrogen functional groups attached to an aromatic ring is 1. The minimum absolute atomic E-state index is 0.251. The second-order valence-corrected chi connectivity index (χ2v) is 6.10. The zero-order valence-electron chi connectivity index (χ0n) is 12.2. The van der Waals surface area contributed by atoms with Crippen molar-refractivity contribution < 1.29 is 4.74 Å². The minimum Gasteiger partial charge on any atom is -0.397 e. The fraction of sp³-hybridized carbons (Fsp3) is 0.667. The number of hydrogen-bond acceptors (Lipinski definition) is 4. The highest BCUT2D eigenvalue weighted by molar-refractivity contribution is 5.49. The zero-order chi connectivity index (χ0) is 13.9. The van der Waals surface area contributed by atoms with Crippen molar-refractivity contribution in [3.8, 4) is 0 Å². The smallest absolute Gasteiger partial charge is 0.126 e. The van der Waals surface area contributed by atoms with Crippen molar-refractivity contribution in [1.29, 1.82) is 0 Å². The monoisotopic (exact) mass is 263 g/mol. The van der Waals surface area contributed by atoms with Crippen LogP contribution in [-0.2, 0) is 4.74 Å². The number of ether oxygens (including phenoxy) is 1. The van der Waals surface area contributed by atoms with Gasteiger partial charge in [-0.25, -0.2) is 4.98 Å². The van der Waals surface area contributed by atoms with E-state index in [1.54, 1.807) is 0 Å². The molecule has 0 unspecified atom stereocenters. The van der Waals surface area contributed by atoms with Crippen LogP contribution in [0.1, 0.15) is 32.4 Å². The Morgan fingerprint density at radius 1 is 1.37 bits per heavy atom. The molecule has 1 aliphatic heterocycles. The lowest BCUT2D eigenvalue weighted by molar-refractivity contribution is 0.0268. The lowest BCUT2D eigenvalue weighted by atomic mass is 9.74. The first-order valence-corrected chi connectivity index (χ1v) is 7.04. The minimum atomic E-state index is 0.251. The predicted octanol–water partition coefficient (Wildman–Crippen LogP) is 2.84. The fourth-order valence-electron chi connectivity index (χ4n) is 2.61. The zero-order valence-corrected chi connectivity index (χ0v) is 12.2. The molecule has 4 nitrogen and oxygen atoms in total. The summed E-state index contributed by atoms with van der Waals surface area (Å²) < 4.78 is 5.44. The summed E-state index contributed by atoms with van der Waals surface area (Å²) in [6.45, 7) is 9.29. The summed E-state index contributed by atoms with van der Waals surface area (Å²) in [5.41, 5.74) is 7.66. The van der Waals surface area contributed by atoms with E-state index in [2.05, 4.69) is 24.1 Å². The average molecular weight is 263 g/mol. The van der Waals surface area contributed by atoms with Crippen LogP contribution in [0.2, 0.25) is 0 Å². The summed E-state index contributed by atoms with van der Waals surface area (Å²) in [6, 6.07) is 3.86. The maximum Gasteiger partial charge on any atom is 0.126 e. The Labute approximate surface area is 115 Å². The number of nitrogens with zero attached hydrogens (tertiary/aromatic N) is 1. The van der Waals surface area contributed by atoms with Gasteiger partial charge in [0.1, 0.15) is 5.82 Å². The lowest BCUT2D eigenvalue weighted by Gasteiger charge is -2.37. The van der Waals surface area contributed by atoms with E-state index in [0.717, 1.165) is 49.8 Å². The third-order valence-electron chi connectivity index (χ3n) is 4.18. The third-order valence-corrected chi connectivity index (χ3v) is 4.18.